The van der Waals surface area contributed by atoms with Gasteiger partial charge in [0.2, 0.25) is 5.82 Å². The summed E-state index contributed by atoms with van der Waals surface area (Å²) in [5.74, 6) is 1.03. The van der Waals surface area contributed by atoms with E-state index in [0.29, 0.717) is 35.6 Å². The van der Waals surface area contributed by atoms with Gasteiger partial charge in [0.1, 0.15) is 23.7 Å². The molecule has 11 heteroatoms. The smallest absolute Gasteiger partial charge is 0.411 e. The number of carbonyl (C=O) groups excluding carboxylic acids is 1. The molecule has 1 aromatic carbocycles. The molecule has 3 N–H and O–H groups in total. The lowest BCUT2D eigenvalue weighted by Crippen LogP contribution is -2.56. The summed E-state index contributed by atoms with van der Waals surface area (Å²) in [5, 5.41) is 8.67. The average molecular weight is 510 g/mol. The molecule has 1 fully saturated rings. The number of rotatable bonds is 5. The van der Waals surface area contributed by atoms with Crippen molar-refractivity contribution < 1.29 is 14.3 Å². The second-order valence-electron chi connectivity index (χ2n) is 9.09. The molecule has 1 saturated heterocycles. The number of anilines is 1. The van der Waals surface area contributed by atoms with Crippen LogP contribution >= 0.6 is 11.6 Å². The van der Waals surface area contributed by atoms with Crippen LogP contribution in [0.4, 0.5) is 16.3 Å². The maximum atomic E-state index is 11.3. The van der Waals surface area contributed by atoms with E-state index in [1.54, 1.807) is 12.1 Å². The van der Waals surface area contributed by atoms with Crippen LogP contribution in [-0.4, -0.2) is 59.4 Å². The fourth-order valence-electron chi connectivity index (χ4n) is 5.33. The van der Waals surface area contributed by atoms with Gasteiger partial charge in [-0.05, 0) is 38.1 Å². The van der Waals surface area contributed by atoms with Gasteiger partial charge in [0, 0.05) is 29.5 Å². The molecular weight excluding hydrogens is 482 g/mol. The molecule has 1 aliphatic carbocycles. The highest BCUT2D eigenvalue weighted by Gasteiger charge is 2.41. The monoisotopic (exact) mass is 509 g/mol. The third-order valence-corrected chi connectivity index (χ3v) is 7.13. The van der Waals surface area contributed by atoms with Crippen LogP contribution in [0.1, 0.15) is 38.4 Å². The van der Waals surface area contributed by atoms with Gasteiger partial charge in [-0.2, -0.15) is 0 Å². The molecule has 0 unspecified atom stereocenters. The predicted octanol–water partition coefficient (Wildman–Crippen LogP) is 4.45. The van der Waals surface area contributed by atoms with Crippen molar-refractivity contribution in [2.45, 2.75) is 38.6 Å². The summed E-state index contributed by atoms with van der Waals surface area (Å²) in [6, 6.07) is 7.54. The van der Waals surface area contributed by atoms with Crippen LogP contribution in [0.3, 0.4) is 0 Å². The first-order valence-electron chi connectivity index (χ1n) is 12.0. The van der Waals surface area contributed by atoms with Crippen molar-refractivity contribution >= 4 is 41.8 Å². The Balaban J connectivity index is 1.65. The second-order valence-corrected chi connectivity index (χ2v) is 9.53. The van der Waals surface area contributed by atoms with Crippen LogP contribution in [0.25, 0.3) is 11.3 Å². The van der Waals surface area contributed by atoms with Gasteiger partial charge < -0.3 is 25.0 Å². The zero-order chi connectivity index (χ0) is 25.4. The maximum Gasteiger partial charge on any atom is 0.411 e. The fourth-order valence-corrected chi connectivity index (χ4v) is 5.52. The zero-order valence-electron chi connectivity index (χ0n) is 20.0. The Morgan fingerprint density at radius 2 is 2.25 bits per heavy atom. The van der Waals surface area contributed by atoms with Crippen LogP contribution in [-0.2, 0) is 9.47 Å². The molecule has 0 radical (unpaired) electrons. The molecule has 36 heavy (non-hydrogen) atoms. The van der Waals surface area contributed by atoms with Crippen molar-refractivity contribution in [3.8, 4) is 11.3 Å². The number of aromatic nitrogens is 2. The lowest BCUT2D eigenvalue weighted by Gasteiger charge is -2.52. The van der Waals surface area contributed by atoms with Crippen molar-refractivity contribution in [1.29, 1.82) is 5.41 Å². The molecule has 2 aliphatic heterocycles. The second kappa shape index (κ2) is 9.77. The first-order chi connectivity index (χ1) is 17.4. The van der Waals surface area contributed by atoms with Crippen LogP contribution in [0.2, 0.25) is 5.02 Å². The maximum absolute atomic E-state index is 11.3. The topological polar surface area (TPSA) is 130 Å². The summed E-state index contributed by atoms with van der Waals surface area (Å²) in [6.07, 6.45) is 2.96. The Kier molecular flexibility index (Phi) is 6.53. The number of allylic oxidation sites excluding steroid dienone is 1. The van der Waals surface area contributed by atoms with Gasteiger partial charge in [0.25, 0.3) is 5.90 Å². The quantitative estimate of drug-likeness (QED) is 0.449. The molecule has 0 saturated carbocycles. The number of nitrogens with zero attached hydrogens (tertiary/aromatic N) is 5. The minimum Gasteiger partial charge on any atom is -0.494 e. The minimum absolute atomic E-state index is 0.120. The van der Waals surface area contributed by atoms with Gasteiger partial charge in [-0.3, -0.25) is 5.41 Å². The fraction of sp³-hybridized carbons (Fsp3) is 0.400. The average Bonchev–Trinajstić information content (AvgIpc) is 2.87. The van der Waals surface area contributed by atoms with E-state index in [1.807, 2.05) is 12.1 Å². The number of carbonyl (C=O) groups is 1. The zero-order valence-corrected chi connectivity index (χ0v) is 20.8. The molecule has 2 atom stereocenters. The van der Waals surface area contributed by atoms with E-state index in [1.165, 1.54) is 5.70 Å². The highest BCUT2D eigenvalue weighted by Crippen LogP contribution is 2.45. The normalized spacial score (nSPS) is 20.9. The Morgan fingerprint density at radius 3 is 2.97 bits per heavy atom. The standard InChI is InChI=1S/C25H28ClN7O3/c1-3-17-12-35-18-9-5-7-15-11-32(13-33(17)20(15)18)21-19(14-6-4-8-16(26)10-14)30-24(31-23(21)29-2)22(27)36-25(28)34/h4,6,8,10,15,17,27H,2-3,5,7,9,11-13H2,1H3,(H2,28,34)/t15-,17+/m0/s1. The third kappa shape index (κ3) is 4.37. The summed E-state index contributed by atoms with van der Waals surface area (Å²) >= 11 is 6.33. The number of halogens is 1. The molecule has 2 aromatic rings. The lowest BCUT2D eigenvalue weighted by molar-refractivity contribution is 0.0356. The SMILES string of the molecule is C=Nc1nc(C(=N)OC(N)=O)nc(-c2cccc(Cl)c2)c1N1C[C@@H]2CCCC3=C2N(C1)[C@H](CC)CO3. The third-order valence-electron chi connectivity index (χ3n) is 6.90. The van der Waals surface area contributed by atoms with Gasteiger partial charge in [-0.1, -0.05) is 30.7 Å². The van der Waals surface area contributed by atoms with E-state index in [9.17, 15) is 4.79 Å². The number of amides is 1. The van der Waals surface area contributed by atoms with Crippen LogP contribution in [0, 0.1) is 11.3 Å². The molecule has 188 valence electrons. The molecular formula is C25H28ClN7O3. The van der Waals surface area contributed by atoms with Gasteiger partial charge >= 0.3 is 6.09 Å². The number of hydrogen-bond donors (Lipinski definition) is 2. The van der Waals surface area contributed by atoms with E-state index in [2.05, 4.69) is 38.4 Å². The van der Waals surface area contributed by atoms with E-state index in [0.717, 1.165) is 43.6 Å². The molecule has 1 aromatic heterocycles. The van der Waals surface area contributed by atoms with E-state index in [4.69, 9.17) is 32.2 Å². The first kappa shape index (κ1) is 24.1. The highest BCUT2D eigenvalue weighted by molar-refractivity contribution is 6.30. The first-order valence-corrected chi connectivity index (χ1v) is 12.4. The van der Waals surface area contributed by atoms with Crippen molar-refractivity contribution in [3.63, 3.8) is 0 Å². The van der Waals surface area contributed by atoms with E-state index >= 15 is 0 Å². The van der Waals surface area contributed by atoms with Gasteiger partial charge in [0.15, 0.2) is 5.82 Å². The largest absolute Gasteiger partial charge is 0.494 e. The van der Waals surface area contributed by atoms with Crippen LogP contribution in [0.5, 0.6) is 0 Å². The number of hydrogen-bond acceptors (Lipinski definition) is 9. The van der Waals surface area contributed by atoms with Gasteiger partial charge in [-0.25, -0.2) is 19.8 Å². The number of primary amides is 1. The summed E-state index contributed by atoms with van der Waals surface area (Å²) in [5.41, 5.74) is 8.37. The van der Waals surface area contributed by atoms with Crippen molar-refractivity contribution in [3.05, 3.63) is 46.6 Å². The van der Waals surface area contributed by atoms with Crippen LogP contribution < -0.4 is 10.6 Å². The van der Waals surface area contributed by atoms with E-state index in [-0.39, 0.29) is 17.7 Å². The molecule has 1 amide bonds. The molecule has 10 nitrogen and oxygen atoms in total. The Bertz CT molecular complexity index is 1260. The number of benzene rings is 1. The summed E-state index contributed by atoms with van der Waals surface area (Å²) in [6.45, 7) is 7.93. The Hall–Kier alpha value is -3.66. The van der Waals surface area contributed by atoms with Crippen molar-refractivity contribution in [2.75, 3.05) is 24.7 Å². The predicted molar refractivity (Wildman–Crippen MR) is 138 cm³/mol. The molecule has 3 aliphatic rings. The molecule has 5 rings (SSSR count). The molecule has 3 heterocycles. The Labute approximate surface area is 214 Å². The summed E-state index contributed by atoms with van der Waals surface area (Å²) in [7, 11) is 0. The van der Waals surface area contributed by atoms with Crippen molar-refractivity contribution in [2.24, 2.45) is 16.6 Å². The number of ether oxygens (including phenoxy) is 2. The lowest BCUT2D eigenvalue weighted by atomic mass is 9.86. The van der Waals surface area contributed by atoms with Crippen molar-refractivity contribution in [1.82, 2.24) is 14.9 Å². The highest BCUT2D eigenvalue weighted by atomic mass is 35.5. The van der Waals surface area contributed by atoms with Gasteiger partial charge in [0.05, 0.1) is 18.4 Å². The molecule has 0 bridgehead atoms. The summed E-state index contributed by atoms with van der Waals surface area (Å²) in [4.78, 5) is 29.2. The number of aliphatic imine (C=N–C) groups is 1. The molecule has 0 spiro atoms. The number of nitrogens with two attached hydrogens (primary N) is 1. The van der Waals surface area contributed by atoms with E-state index < -0.39 is 12.0 Å². The number of nitrogens with one attached hydrogen (secondary N) is 1. The van der Waals surface area contributed by atoms with Gasteiger partial charge in [-0.15, -0.1) is 0 Å². The Morgan fingerprint density at radius 1 is 1.42 bits per heavy atom. The van der Waals surface area contributed by atoms with Crippen LogP contribution in [0.15, 0.2) is 40.7 Å². The summed E-state index contributed by atoms with van der Waals surface area (Å²) < 4.78 is 10.9. The minimum atomic E-state index is -1.12.